The van der Waals surface area contributed by atoms with Gasteiger partial charge in [0, 0.05) is 22.8 Å². The zero-order valence-electron chi connectivity index (χ0n) is 25.3. The topological polar surface area (TPSA) is 143 Å². The normalized spacial score (nSPS) is 34.3. The molecule has 0 saturated heterocycles. The first-order valence-electron chi connectivity index (χ1n) is 15.1. The molecule has 2 aromatic rings. The molecule has 0 heterocycles. The van der Waals surface area contributed by atoms with Crippen LogP contribution in [-0.2, 0) is 19.1 Å². The minimum Gasteiger partial charge on any atom is -0.506 e. The number of fused-ring (bicyclic) bond motifs is 5. The van der Waals surface area contributed by atoms with Crippen molar-refractivity contribution in [2.75, 3.05) is 6.61 Å². The molecule has 6 rings (SSSR count). The number of aromatic hydroxyl groups is 1. The minimum atomic E-state index is -2.13. The zero-order valence-corrected chi connectivity index (χ0v) is 26.1. The molecule has 0 spiro atoms. The van der Waals surface area contributed by atoms with Crippen LogP contribution >= 0.6 is 11.6 Å². The van der Waals surface area contributed by atoms with E-state index in [4.69, 9.17) is 31.1 Å². The number of aliphatic hydroxyl groups is 1. The molecule has 7 atom stereocenters. The van der Waals surface area contributed by atoms with E-state index in [1.54, 1.807) is 32.1 Å². The van der Waals surface area contributed by atoms with Crippen LogP contribution in [0.1, 0.15) is 56.3 Å². The van der Waals surface area contributed by atoms with Gasteiger partial charge in [-0.25, -0.2) is 14.0 Å². The molecule has 0 aromatic heterocycles. The van der Waals surface area contributed by atoms with E-state index in [0.29, 0.717) is 36.3 Å². The van der Waals surface area contributed by atoms with Gasteiger partial charge >= 0.3 is 11.9 Å². The Morgan fingerprint density at radius 3 is 2.52 bits per heavy atom. The predicted octanol–water partition coefficient (Wildman–Crippen LogP) is 6.17. The van der Waals surface area contributed by atoms with E-state index >= 15 is 4.39 Å². The molecule has 2 aromatic carbocycles. The molecule has 3 fully saturated rings. The number of hydrogen-bond donors (Lipinski definition) is 2. The van der Waals surface area contributed by atoms with Gasteiger partial charge in [-0.2, -0.15) is 5.26 Å². The second-order valence-electron chi connectivity index (χ2n) is 13.0. The third-order valence-corrected chi connectivity index (χ3v) is 11.2. The van der Waals surface area contributed by atoms with Crippen LogP contribution in [0, 0.1) is 34.0 Å². The van der Waals surface area contributed by atoms with E-state index in [2.05, 4.69) is 0 Å². The first-order chi connectivity index (χ1) is 21.8. The molecular weight excluding hydrogens is 617 g/mol. The number of carbonyl (C=O) groups excluding carboxylic acids is 3. The SMILES string of the molecule is C[C@]12C=CC(=O)C=C1CC[C@H]1[C@@H]3CC[C@@](OC(=O)c4ccc(Oc5ccc(Cl)c(O)c5)cc4)(C(=O)OCC#N)[C@@]3(C)C[C@H](O)C12F. The van der Waals surface area contributed by atoms with E-state index in [9.17, 15) is 24.6 Å². The largest absolute Gasteiger partial charge is 0.506 e. The van der Waals surface area contributed by atoms with Crippen LogP contribution in [-0.4, -0.2) is 51.9 Å². The van der Waals surface area contributed by atoms with Gasteiger partial charge in [-0.3, -0.25) is 4.79 Å². The number of carbonyl (C=O) groups is 3. The van der Waals surface area contributed by atoms with Gasteiger partial charge < -0.3 is 24.4 Å². The van der Waals surface area contributed by atoms with E-state index < -0.39 is 58.6 Å². The lowest BCUT2D eigenvalue weighted by molar-refractivity contribution is -0.224. The highest BCUT2D eigenvalue weighted by Gasteiger charge is 2.76. The van der Waals surface area contributed by atoms with Crippen molar-refractivity contribution in [1.29, 1.82) is 5.26 Å². The summed E-state index contributed by atoms with van der Waals surface area (Å²) >= 11 is 5.86. The molecule has 4 aliphatic rings. The summed E-state index contributed by atoms with van der Waals surface area (Å²) in [6.07, 6.45) is 3.66. The Hall–Kier alpha value is -4.20. The summed E-state index contributed by atoms with van der Waals surface area (Å²) in [5, 5.41) is 30.8. The number of rotatable bonds is 6. The fourth-order valence-corrected chi connectivity index (χ4v) is 8.64. The molecule has 46 heavy (non-hydrogen) atoms. The Bertz CT molecular complexity index is 1720. The van der Waals surface area contributed by atoms with E-state index in [0.717, 1.165) is 0 Å². The third kappa shape index (κ3) is 4.63. The number of allylic oxidation sites excluding steroid dienone is 4. The number of benzene rings is 2. The Labute approximate surface area is 270 Å². The second-order valence-corrected chi connectivity index (χ2v) is 13.4. The molecular formula is C35H33ClFNO8. The molecule has 1 unspecified atom stereocenters. The van der Waals surface area contributed by atoms with Crippen molar-refractivity contribution in [3.63, 3.8) is 0 Å². The third-order valence-electron chi connectivity index (χ3n) is 10.9. The van der Waals surface area contributed by atoms with Crippen LogP contribution in [0.2, 0.25) is 5.02 Å². The van der Waals surface area contributed by atoms with Gasteiger partial charge in [-0.1, -0.05) is 30.2 Å². The molecule has 4 aliphatic carbocycles. The van der Waals surface area contributed by atoms with Gasteiger partial charge in [-0.15, -0.1) is 0 Å². The van der Waals surface area contributed by atoms with Crippen molar-refractivity contribution in [2.45, 2.75) is 63.3 Å². The lowest BCUT2D eigenvalue weighted by Crippen LogP contribution is -2.69. The van der Waals surface area contributed by atoms with Gasteiger partial charge in [0.1, 0.15) is 23.3 Å². The van der Waals surface area contributed by atoms with Crippen molar-refractivity contribution in [3.8, 4) is 23.3 Å². The Kier molecular flexibility index (Phi) is 7.77. The number of alkyl halides is 1. The van der Waals surface area contributed by atoms with Crippen molar-refractivity contribution in [1.82, 2.24) is 0 Å². The summed E-state index contributed by atoms with van der Waals surface area (Å²) in [5.41, 5.74) is -5.77. The summed E-state index contributed by atoms with van der Waals surface area (Å²) in [5.74, 6) is -2.67. The molecule has 0 aliphatic heterocycles. The molecule has 240 valence electrons. The van der Waals surface area contributed by atoms with Gasteiger partial charge in [0.2, 0.25) is 5.60 Å². The number of halogens is 2. The highest BCUT2D eigenvalue weighted by Crippen LogP contribution is 2.70. The quantitative estimate of drug-likeness (QED) is 0.351. The summed E-state index contributed by atoms with van der Waals surface area (Å²) in [6.45, 7) is 2.85. The fourth-order valence-electron chi connectivity index (χ4n) is 8.53. The Balaban J connectivity index is 1.31. The predicted molar refractivity (Wildman–Crippen MR) is 163 cm³/mol. The van der Waals surface area contributed by atoms with Gasteiger partial charge in [0.15, 0.2) is 18.1 Å². The molecule has 3 saturated carbocycles. The molecule has 9 nitrogen and oxygen atoms in total. The number of phenolic OH excluding ortho intramolecular Hbond substituents is 1. The van der Waals surface area contributed by atoms with Gasteiger partial charge in [-0.05, 0) is 93.5 Å². The van der Waals surface area contributed by atoms with Crippen molar-refractivity contribution in [2.24, 2.45) is 22.7 Å². The van der Waals surface area contributed by atoms with Gasteiger partial charge in [0.05, 0.1) is 16.7 Å². The van der Waals surface area contributed by atoms with Crippen LogP contribution in [0.5, 0.6) is 17.2 Å². The number of esters is 2. The number of ether oxygens (including phenoxy) is 3. The first kappa shape index (κ1) is 31.8. The Morgan fingerprint density at radius 1 is 1.11 bits per heavy atom. The zero-order chi connectivity index (χ0) is 33.1. The minimum absolute atomic E-state index is 0.0124. The standard InChI is InChI=1S/C35H33ClFNO8/c1-32-13-11-22(39)17-21(32)5-9-26-25-12-14-34(31(43)44-16-15-38,33(25,2)19-29(41)35(26,32)37)46-30(42)20-3-6-23(7-4-20)45-24-8-10-27(36)28(40)18-24/h3-4,6-8,10-11,13,17-18,25-26,29,40-41H,5,9,12,14,16,19H2,1-2H3/t25-,26-,29-,32-,33-,34+,35?/m0/s1. The average Bonchev–Trinajstić information content (AvgIpc) is 3.31. The number of nitriles is 1. The van der Waals surface area contributed by atoms with Crippen LogP contribution in [0.15, 0.2) is 66.3 Å². The van der Waals surface area contributed by atoms with E-state index in [1.165, 1.54) is 48.6 Å². The molecule has 0 bridgehead atoms. The number of aliphatic hydroxyl groups excluding tert-OH is 1. The maximum Gasteiger partial charge on any atom is 0.352 e. The molecule has 2 N–H and O–H groups in total. The smallest absolute Gasteiger partial charge is 0.352 e. The van der Waals surface area contributed by atoms with Gasteiger partial charge in [0.25, 0.3) is 0 Å². The van der Waals surface area contributed by atoms with E-state index in [-0.39, 0.29) is 35.0 Å². The maximum atomic E-state index is 17.5. The summed E-state index contributed by atoms with van der Waals surface area (Å²) in [7, 11) is 0. The lowest BCUT2D eigenvalue weighted by Gasteiger charge is -2.62. The monoisotopic (exact) mass is 649 g/mol. The van der Waals surface area contributed by atoms with Crippen LogP contribution in [0.4, 0.5) is 4.39 Å². The average molecular weight is 650 g/mol. The fraction of sp³-hybridized carbons (Fsp3) is 0.429. The number of phenols is 1. The maximum absolute atomic E-state index is 17.5. The second kappa shape index (κ2) is 11.2. The first-order valence-corrected chi connectivity index (χ1v) is 15.5. The summed E-state index contributed by atoms with van der Waals surface area (Å²) in [4.78, 5) is 39.6. The summed E-state index contributed by atoms with van der Waals surface area (Å²) < 4.78 is 34.6. The highest BCUT2D eigenvalue weighted by atomic mass is 35.5. The lowest BCUT2D eigenvalue weighted by atomic mass is 9.45. The van der Waals surface area contributed by atoms with Crippen molar-refractivity contribution >= 4 is 29.3 Å². The molecule has 11 heteroatoms. The van der Waals surface area contributed by atoms with Crippen LogP contribution in [0.25, 0.3) is 0 Å². The number of ketones is 1. The number of hydrogen-bond acceptors (Lipinski definition) is 9. The van der Waals surface area contributed by atoms with Crippen LogP contribution < -0.4 is 4.74 Å². The van der Waals surface area contributed by atoms with E-state index in [1.807, 2.05) is 0 Å². The number of nitrogens with zero attached hydrogens (tertiary/aromatic N) is 1. The molecule has 0 radical (unpaired) electrons. The highest BCUT2D eigenvalue weighted by molar-refractivity contribution is 6.32. The Morgan fingerprint density at radius 2 is 1.83 bits per heavy atom. The summed E-state index contributed by atoms with van der Waals surface area (Å²) in [6, 6.07) is 12.1. The van der Waals surface area contributed by atoms with Crippen molar-refractivity contribution < 1.29 is 43.2 Å². The van der Waals surface area contributed by atoms with Crippen LogP contribution in [0.3, 0.4) is 0 Å². The molecule has 0 amide bonds. The van der Waals surface area contributed by atoms with Crippen molar-refractivity contribution in [3.05, 3.63) is 76.9 Å².